The first-order valence-corrected chi connectivity index (χ1v) is 12.4. The molecule has 0 bridgehead atoms. The van der Waals surface area contributed by atoms with Crippen LogP contribution in [0.2, 0.25) is 5.02 Å². The van der Waals surface area contributed by atoms with Gasteiger partial charge in [0, 0.05) is 18.1 Å². The molecule has 3 aromatic rings. The number of anilines is 1. The normalized spacial score (nSPS) is 11.5. The zero-order valence-electron chi connectivity index (χ0n) is 17.5. The molecule has 0 radical (unpaired) electrons. The number of aromatic nitrogens is 1. The maximum absolute atomic E-state index is 13.1. The van der Waals surface area contributed by atoms with E-state index in [1.807, 2.05) is 31.1 Å². The summed E-state index contributed by atoms with van der Waals surface area (Å²) in [6.45, 7) is 3.02. The van der Waals surface area contributed by atoms with Crippen molar-refractivity contribution >= 4 is 66.4 Å². The van der Waals surface area contributed by atoms with Gasteiger partial charge in [0.05, 0.1) is 15.1 Å². The summed E-state index contributed by atoms with van der Waals surface area (Å²) in [6.07, 6.45) is 0.909. The first-order valence-electron chi connectivity index (χ1n) is 9.52. The van der Waals surface area contributed by atoms with Gasteiger partial charge in [0.15, 0.2) is 15.0 Å². The standard InChI is InChI=1S/C21H24ClN3O3S2.ClH/c1-4-15-5-10-18-19(13-15)29-21(23-18)25(12-11-24(2)3)20(26)14-30(27,28)17-8-6-16(22)7-9-17;/h5-10,13H,4,11-12,14H2,1-3H3;1H. The van der Waals surface area contributed by atoms with Crippen molar-refractivity contribution in [3.05, 3.63) is 53.1 Å². The molecule has 1 heterocycles. The molecule has 3 rings (SSSR count). The molecule has 1 aromatic heterocycles. The van der Waals surface area contributed by atoms with E-state index in [2.05, 4.69) is 18.0 Å². The number of fused-ring (bicyclic) bond motifs is 1. The second-order valence-corrected chi connectivity index (χ2v) is 10.6. The average molecular weight is 502 g/mol. The Balaban J connectivity index is 0.00000341. The smallest absolute Gasteiger partial charge is 0.244 e. The van der Waals surface area contributed by atoms with E-state index in [9.17, 15) is 13.2 Å². The fourth-order valence-electron chi connectivity index (χ4n) is 2.88. The first-order chi connectivity index (χ1) is 14.2. The highest BCUT2D eigenvalue weighted by Crippen LogP contribution is 2.30. The topological polar surface area (TPSA) is 70.6 Å². The first kappa shape index (κ1) is 25.5. The molecule has 0 aliphatic heterocycles. The van der Waals surface area contributed by atoms with Gasteiger partial charge in [-0.25, -0.2) is 13.4 Å². The molecule has 0 atom stereocenters. The zero-order valence-corrected chi connectivity index (χ0v) is 20.7. The summed E-state index contributed by atoms with van der Waals surface area (Å²) in [5.41, 5.74) is 1.99. The third-order valence-corrected chi connectivity index (χ3v) is 7.55. The molecule has 0 unspecified atom stereocenters. The lowest BCUT2D eigenvalue weighted by molar-refractivity contribution is -0.116. The van der Waals surface area contributed by atoms with E-state index in [0.29, 0.717) is 23.2 Å². The van der Waals surface area contributed by atoms with Crippen molar-refractivity contribution < 1.29 is 13.2 Å². The molecule has 6 nitrogen and oxygen atoms in total. The SMILES string of the molecule is CCc1ccc2nc(N(CCN(C)C)C(=O)CS(=O)(=O)c3ccc(Cl)cc3)sc2c1.Cl. The Morgan fingerprint density at radius 3 is 2.39 bits per heavy atom. The van der Waals surface area contributed by atoms with Gasteiger partial charge in [-0.3, -0.25) is 9.69 Å². The van der Waals surface area contributed by atoms with Crippen LogP contribution in [-0.4, -0.2) is 57.1 Å². The number of sulfone groups is 1. The Hall–Kier alpha value is -1.71. The Bertz CT molecular complexity index is 1150. The number of hydrogen-bond acceptors (Lipinski definition) is 6. The third kappa shape index (κ3) is 6.40. The lowest BCUT2D eigenvalue weighted by atomic mass is 10.2. The van der Waals surface area contributed by atoms with Crippen LogP contribution in [0.1, 0.15) is 12.5 Å². The van der Waals surface area contributed by atoms with Gasteiger partial charge in [0.25, 0.3) is 0 Å². The van der Waals surface area contributed by atoms with Gasteiger partial charge in [-0.1, -0.05) is 35.9 Å². The summed E-state index contributed by atoms with van der Waals surface area (Å²) >= 11 is 7.25. The maximum Gasteiger partial charge on any atom is 0.244 e. The minimum Gasteiger partial charge on any atom is -0.308 e. The zero-order chi connectivity index (χ0) is 21.9. The summed E-state index contributed by atoms with van der Waals surface area (Å²) in [7, 11) is 0.00835. The molecule has 1 amide bonds. The maximum atomic E-state index is 13.1. The van der Waals surface area contributed by atoms with Crippen LogP contribution in [0, 0.1) is 0 Å². The molecule has 0 aliphatic carbocycles. The van der Waals surface area contributed by atoms with Crippen molar-refractivity contribution in [2.75, 3.05) is 37.8 Å². The van der Waals surface area contributed by atoms with Crippen LogP contribution in [0.3, 0.4) is 0 Å². The quantitative estimate of drug-likeness (QED) is 0.459. The number of carbonyl (C=O) groups excluding carboxylic acids is 1. The van der Waals surface area contributed by atoms with Gasteiger partial charge in [-0.05, 0) is 62.5 Å². The third-order valence-electron chi connectivity index (χ3n) is 4.64. The van der Waals surface area contributed by atoms with Gasteiger partial charge < -0.3 is 4.90 Å². The van der Waals surface area contributed by atoms with Crippen LogP contribution in [0.25, 0.3) is 10.2 Å². The van der Waals surface area contributed by atoms with E-state index in [1.54, 1.807) is 0 Å². The van der Waals surface area contributed by atoms with Crippen LogP contribution < -0.4 is 4.90 Å². The number of amides is 1. The lowest BCUT2D eigenvalue weighted by Gasteiger charge is -2.22. The fraction of sp³-hybridized carbons (Fsp3) is 0.333. The number of nitrogens with zero attached hydrogens (tertiary/aromatic N) is 3. The minimum absolute atomic E-state index is 0. The summed E-state index contributed by atoms with van der Waals surface area (Å²) in [4.78, 5) is 21.2. The van der Waals surface area contributed by atoms with E-state index in [-0.39, 0.29) is 17.3 Å². The number of halogens is 2. The average Bonchev–Trinajstić information content (AvgIpc) is 3.10. The Morgan fingerprint density at radius 1 is 1.10 bits per heavy atom. The highest BCUT2D eigenvalue weighted by atomic mass is 35.5. The molecule has 0 spiro atoms. The molecular formula is C21H25Cl2N3O3S2. The summed E-state index contributed by atoms with van der Waals surface area (Å²) in [5.74, 6) is -1.13. The van der Waals surface area contributed by atoms with E-state index >= 15 is 0 Å². The Kier molecular flexibility index (Phi) is 8.85. The predicted molar refractivity (Wildman–Crippen MR) is 131 cm³/mol. The summed E-state index contributed by atoms with van der Waals surface area (Å²) < 4.78 is 26.5. The molecule has 2 aromatic carbocycles. The highest BCUT2D eigenvalue weighted by Gasteiger charge is 2.26. The van der Waals surface area contributed by atoms with E-state index in [1.165, 1.54) is 46.1 Å². The minimum atomic E-state index is -3.80. The lowest BCUT2D eigenvalue weighted by Crippen LogP contribution is -2.40. The number of thiazole rings is 1. The van der Waals surface area contributed by atoms with Crippen molar-refractivity contribution in [2.45, 2.75) is 18.2 Å². The molecule has 0 aliphatic rings. The monoisotopic (exact) mass is 501 g/mol. The van der Waals surface area contributed by atoms with Gasteiger partial charge in [-0.2, -0.15) is 0 Å². The number of rotatable bonds is 8. The number of hydrogen-bond donors (Lipinski definition) is 0. The number of carbonyl (C=O) groups is 1. The molecule has 0 saturated carbocycles. The molecular weight excluding hydrogens is 477 g/mol. The van der Waals surface area contributed by atoms with Crippen molar-refractivity contribution in [1.82, 2.24) is 9.88 Å². The van der Waals surface area contributed by atoms with Crippen LogP contribution >= 0.6 is 35.3 Å². The molecule has 0 N–H and O–H groups in total. The van der Waals surface area contributed by atoms with Crippen molar-refractivity contribution in [3.8, 4) is 0 Å². The summed E-state index contributed by atoms with van der Waals surface area (Å²) in [6, 6.07) is 11.9. The van der Waals surface area contributed by atoms with E-state index in [0.717, 1.165) is 16.6 Å². The Morgan fingerprint density at radius 2 is 1.77 bits per heavy atom. The van der Waals surface area contributed by atoms with Gasteiger partial charge in [0.2, 0.25) is 5.91 Å². The number of aryl methyl sites for hydroxylation is 1. The molecule has 0 saturated heterocycles. The van der Waals surface area contributed by atoms with Crippen LogP contribution in [0.5, 0.6) is 0 Å². The van der Waals surface area contributed by atoms with E-state index < -0.39 is 21.5 Å². The van der Waals surface area contributed by atoms with E-state index in [4.69, 9.17) is 11.6 Å². The van der Waals surface area contributed by atoms with Crippen LogP contribution in [0.15, 0.2) is 47.4 Å². The van der Waals surface area contributed by atoms with Crippen LogP contribution in [0.4, 0.5) is 5.13 Å². The van der Waals surface area contributed by atoms with Gasteiger partial charge >= 0.3 is 0 Å². The fourth-order valence-corrected chi connectivity index (χ4v) is 5.28. The number of benzene rings is 2. The van der Waals surface area contributed by atoms with Crippen molar-refractivity contribution in [1.29, 1.82) is 0 Å². The van der Waals surface area contributed by atoms with Crippen LogP contribution in [-0.2, 0) is 21.1 Å². The van der Waals surface area contributed by atoms with Gasteiger partial charge in [-0.15, -0.1) is 12.4 Å². The van der Waals surface area contributed by atoms with Crippen molar-refractivity contribution in [2.24, 2.45) is 0 Å². The molecule has 168 valence electrons. The highest BCUT2D eigenvalue weighted by molar-refractivity contribution is 7.92. The molecule has 10 heteroatoms. The largest absolute Gasteiger partial charge is 0.308 e. The molecule has 0 fully saturated rings. The number of likely N-dealkylation sites (N-methyl/N-ethyl adjacent to an activating group) is 1. The second kappa shape index (κ2) is 10.7. The summed E-state index contributed by atoms with van der Waals surface area (Å²) in [5, 5.41) is 0.949. The Labute approximate surface area is 198 Å². The predicted octanol–water partition coefficient (Wildman–Crippen LogP) is 4.30. The van der Waals surface area contributed by atoms with Crippen molar-refractivity contribution in [3.63, 3.8) is 0 Å². The second-order valence-electron chi connectivity index (χ2n) is 7.21. The molecule has 31 heavy (non-hydrogen) atoms. The van der Waals surface area contributed by atoms with Gasteiger partial charge in [0.1, 0.15) is 5.75 Å².